The van der Waals surface area contributed by atoms with E-state index in [0.29, 0.717) is 12.4 Å². The second-order valence-electron chi connectivity index (χ2n) is 4.49. The van der Waals surface area contributed by atoms with Crippen LogP contribution >= 0.6 is 0 Å². The minimum Gasteiger partial charge on any atom is -0.497 e. The molecule has 0 saturated carbocycles. The number of hydrogen-bond acceptors (Lipinski definition) is 5. The molecule has 5 nitrogen and oxygen atoms in total. The third-order valence-electron chi connectivity index (χ3n) is 3.15. The highest BCUT2D eigenvalue weighted by molar-refractivity contribution is 5.40. The summed E-state index contributed by atoms with van der Waals surface area (Å²) >= 11 is 0. The Morgan fingerprint density at radius 3 is 2.52 bits per heavy atom. The molecule has 0 aliphatic heterocycles. The van der Waals surface area contributed by atoms with Crippen LogP contribution in [0.4, 0.5) is 0 Å². The van der Waals surface area contributed by atoms with Gasteiger partial charge < -0.3 is 19.5 Å². The monoisotopic (exact) mass is 288 g/mol. The van der Waals surface area contributed by atoms with E-state index in [9.17, 15) is 0 Å². The van der Waals surface area contributed by atoms with Crippen LogP contribution in [0.2, 0.25) is 0 Å². The van der Waals surface area contributed by atoms with Crippen molar-refractivity contribution in [2.24, 2.45) is 0 Å². The second kappa shape index (κ2) is 7.50. The van der Waals surface area contributed by atoms with Crippen molar-refractivity contribution < 1.29 is 14.2 Å². The number of methoxy groups -OCH3 is 3. The van der Waals surface area contributed by atoms with Crippen molar-refractivity contribution in [2.75, 3.05) is 21.3 Å². The molecule has 1 aromatic carbocycles. The Morgan fingerprint density at radius 1 is 0.952 bits per heavy atom. The Hall–Kier alpha value is -2.27. The number of hydrogen-bond donors (Lipinski definition) is 1. The summed E-state index contributed by atoms with van der Waals surface area (Å²) in [6.45, 7) is 1.44. The fourth-order valence-electron chi connectivity index (χ4n) is 2.01. The van der Waals surface area contributed by atoms with E-state index in [1.165, 1.54) is 0 Å². The van der Waals surface area contributed by atoms with E-state index in [1.807, 2.05) is 30.3 Å². The molecule has 0 fully saturated rings. The first-order chi connectivity index (χ1) is 10.3. The molecular weight excluding hydrogens is 268 g/mol. The molecule has 0 unspecified atom stereocenters. The number of rotatable bonds is 7. The first kappa shape index (κ1) is 15.1. The van der Waals surface area contributed by atoms with Gasteiger partial charge >= 0.3 is 0 Å². The van der Waals surface area contributed by atoms with Crippen molar-refractivity contribution in [1.29, 1.82) is 0 Å². The first-order valence-corrected chi connectivity index (χ1v) is 6.67. The van der Waals surface area contributed by atoms with Gasteiger partial charge in [0, 0.05) is 37.0 Å². The van der Waals surface area contributed by atoms with Gasteiger partial charge in [-0.2, -0.15) is 0 Å². The van der Waals surface area contributed by atoms with E-state index in [2.05, 4.69) is 10.3 Å². The van der Waals surface area contributed by atoms with Crippen molar-refractivity contribution >= 4 is 0 Å². The van der Waals surface area contributed by atoms with Crippen molar-refractivity contribution in [3.8, 4) is 17.4 Å². The largest absolute Gasteiger partial charge is 0.497 e. The van der Waals surface area contributed by atoms with Crippen LogP contribution < -0.4 is 19.5 Å². The normalized spacial score (nSPS) is 10.2. The van der Waals surface area contributed by atoms with E-state index in [-0.39, 0.29) is 0 Å². The van der Waals surface area contributed by atoms with Gasteiger partial charge in [0.1, 0.15) is 11.5 Å². The highest BCUT2D eigenvalue weighted by Crippen LogP contribution is 2.24. The summed E-state index contributed by atoms with van der Waals surface area (Å²) in [7, 11) is 4.91. The van der Waals surface area contributed by atoms with Gasteiger partial charge in [0.25, 0.3) is 0 Å². The van der Waals surface area contributed by atoms with E-state index in [1.54, 1.807) is 27.5 Å². The lowest BCUT2D eigenvalue weighted by Gasteiger charge is -2.11. The van der Waals surface area contributed by atoms with Gasteiger partial charge in [0.2, 0.25) is 5.88 Å². The molecule has 0 bridgehead atoms. The predicted molar refractivity (Wildman–Crippen MR) is 80.9 cm³/mol. The van der Waals surface area contributed by atoms with Crippen LogP contribution in [0.15, 0.2) is 36.5 Å². The summed E-state index contributed by atoms with van der Waals surface area (Å²) in [6, 6.07) is 9.68. The Kier molecular flexibility index (Phi) is 5.40. The Balaban J connectivity index is 1.96. The summed E-state index contributed by atoms with van der Waals surface area (Å²) in [5, 5.41) is 3.38. The van der Waals surface area contributed by atoms with E-state index in [0.717, 1.165) is 29.2 Å². The maximum Gasteiger partial charge on any atom is 0.213 e. The molecule has 0 amide bonds. The van der Waals surface area contributed by atoms with Crippen LogP contribution in [-0.2, 0) is 13.1 Å². The number of benzene rings is 1. The lowest BCUT2D eigenvalue weighted by molar-refractivity contribution is 0.389. The van der Waals surface area contributed by atoms with E-state index >= 15 is 0 Å². The van der Waals surface area contributed by atoms with Gasteiger partial charge in [-0.25, -0.2) is 4.98 Å². The van der Waals surface area contributed by atoms with Crippen LogP contribution in [0.25, 0.3) is 0 Å². The first-order valence-electron chi connectivity index (χ1n) is 6.67. The number of nitrogens with zero attached hydrogens (tertiary/aromatic N) is 1. The zero-order chi connectivity index (χ0) is 15.1. The van der Waals surface area contributed by atoms with Crippen molar-refractivity contribution in [1.82, 2.24) is 10.3 Å². The van der Waals surface area contributed by atoms with Crippen molar-refractivity contribution in [3.05, 3.63) is 47.7 Å². The van der Waals surface area contributed by atoms with Crippen molar-refractivity contribution in [3.63, 3.8) is 0 Å². The summed E-state index contributed by atoms with van der Waals surface area (Å²) in [5.74, 6) is 2.22. The summed E-state index contributed by atoms with van der Waals surface area (Å²) in [4.78, 5) is 4.09. The van der Waals surface area contributed by atoms with Gasteiger partial charge in [0.05, 0.1) is 21.3 Å². The molecule has 0 aliphatic rings. The minimum absolute atomic E-state index is 0.622. The van der Waals surface area contributed by atoms with Crippen LogP contribution in [0, 0.1) is 0 Å². The fourth-order valence-corrected chi connectivity index (χ4v) is 2.01. The standard InChI is InChI=1S/C16H20N2O3/c1-19-14-5-4-13(15(9-14)20-2)11-17-10-12-6-7-18-16(8-12)21-3/h4-9,17H,10-11H2,1-3H3. The quantitative estimate of drug-likeness (QED) is 0.848. The van der Waals surface area contributed by atoms with Crippen molar-refractivity contribution in [2.45, 2.75) is 13.1 Å². The van der Waals surface area contributed by atoms with Crippen LogP contribution in [0.3, 0.4) is 0 Å². The number of aromatic nitrogens is 1. The highest BCUT2D eigenvalue weighted by atomic mass is 16.5. The van der Waals surface area contributed by atoms with Crippen LogP contribution in [-0.4, -0.2) is 26.3 Å². The maximum atomic E-state index is 5.38. The SMILES string of the molecule is COc1ccc(CNCc2ccnc(OC)c2)c(OC)c1. The molecule has 5 heteroatoms. The molecule has 1 N–H and O–H groups in total. The number of pyridine rings is 1. The molecule has 0 atom stereocenters. The lowest BCUT2D eigenvalue weighted by Crippen LogP contribution is -2.13. The highest BCUT2D eigenvalue weighted by Gasteiger charge is 2.05. The molecule has 0 saturated heterocycles. The Morgan fingerprint density at radius 2 is 1.81 bits per heavy atom. The molecule has 21 heavy (non-hydrogen) atoms. The minimum atomic E-state index is 0.622. The zero-order valence-corrected chi connectivity index (χ0v) is 12.6. The maximum absolute atomic E-state index is 5.38. The zero-order valence-electron chi connectivity index (χ0n) is 12.6. The molecule has 0 aliphatic carbocycles. The third-order valence-corrected chi connectivity index (χ3v) is 3.15. The average molecular weight is 288 g/mol. The molecule has 112 valence electrons. The lowest BCUT2D eigenvalue weighted by atomic mass is 10.2. The number of ether oxygens (including phenoxy) is 3. The summed E-state index contributed by atoms with van der Waals surface area (Å²) in [5.41, 5.74) is 2.20. The van der Waals surface area contributed by atoms with Gasteiger partial charge in [-0.3, -0.25) is 0 Å². The number of nitrogens with one attached hydrogen (secondary N) is 1. The smallest absolute Gasteiger partial charge is 0.213 e. The molecule has 2 aromatic rings. The topological polar surface area (TPSA) is 52.6 Å². The van der Waals surface area contributed by atoms with Crippen LogP contribution in [0.5, 0.6) is 17.4 Å². The fraction of sp³-hybridized carbons (Fsp3) is 0.312. The molecule has 0 spiro atoms. The molecule has 2 rings (SSSR count). The van der Waals surface area contributed by atoms with Gasteiger partial charge in [0.15, 0.2) is 0 Å². The van der Waals surface area contributed by atoms with Gasteiger partial charge in [-0.1, -0.05) is 6.07 Å². The molecule has 1 heterocycles. The summed E-state index contributed by atoms with van der Waals surface area (Å²) < 4.78 is 15.7. The Bertz CT molecular complexity index is 587. The van der Waals surface area contributed by atoms with Gasteiger partial charge in [-0.15, -0.1) is 0 Å². The van der Waals surface area contributed by atoms with E-state index in [4.69, 9.17) is 14.2 Å². The van der Waals surface area contributed by atoms with Gasteiger partial charge in [-0.05, 0) is 17.7 Å². The summed E-state index contributed by atoms with van der Waals surface area (Å²) in [6.07, 6.45) is 1.74. The predicted octanol–water partition coefficient (Wildman–Crippen LogP) is 2.40. The third kappa shape index (κ3) is 4.10. The van der Waals surface area contributed by atoms with E-state index < -0.39 is 0 Å². The molecular formula is C16H20N2O3. The molecule has 1 aromatic heterocycles. The average Bonchev–Trinajstić information content (AvgIpc) is 2.55. The Labute approximate surface area is 124 Å². The molecule has 0 radical (unpaired) electrons. The second-order valence-corrected chi connectivity index (χ2v) is 4.49. The van der Waals surface area contributed by atoms with Crippen LogP contribution in [0.1, 0.15) is 11.1 Å².